The number of hydrogen-bond donors (Lipinski definition) is 1. The van der Waals surface area contributed by atoms with E-state index in [4.69, 9.17) is 23.2 Å². The average molecular weight is 312 g/mol. The van der Waals surface area contributed by atoms with Crippen LogP contribution in [-0.2, 0) is 6.42 Å². The first-order chi connectivity index (χ1) is 9.65. The van der Waals surface area contributed by atoms with E-state index in [1.807, 2.05) is 18.2 Å². The lowest BCUT2D eigenvalue weighted by Gasteiger charge is -2.27. The molecule has 4 unspecified atom stereocenters. The molecule has 2 saturated carbocycles. The highest BCUT2D eigenvalue weighted by Gasteiger charge is 2.39. The minimum absolute atomic E-state index is 0.510. The van der Waals surface area contributed by atoms with Gasteiger partial charge in [0.15, 0.2) is 0 Å². The predicted molar refractivity (Wildman–Crippen MR) is 86.6 cm³/mol. The first-order valence-corrected chi connectivity index (χ1v) is 8.52. The molecular weight excluding hydrogens is 289 g/mol. The summed E-state index contributed by atoms with van der Waals surface area (Å²) in [6.07, 6.45) is 8.13. The van der Waals surface area contributed by atoms with Crippen molar-refractivity contribution in [3.63, 3.8) is 0 Å². The Hall–Kier alpha value is -0.240. The number of fused-ring (bicyclic) bond motifs is 2. The molecule has 4 atom stereocenters. The van der Waals surface area contributed by atoms with E-state index in [-0.39, 0.29) is 0 Å². The molecule has 0 radical (unpaired) electrons. The van der Waals surface area contributed by atoms with Crippen molar-refractivity contribution in [3.8, 4) is 0 Å². The Labute approximate surface area is 132 Å². The highest BCUT2D eigenvalue weighted by Crippen LogP contribution is 2.50. The highest BCUT2D eigenvalue weighted by molar-refractivity contribution is 6.33. The third-order valence-corrected chi connectivity index (χ3v) is 5.96. The molecule has 2 fully saturated rings. The van der Waals surface area contributed by atoms with E-state index in [0.29, 0.717) is 6.04 Å². The zero-order chi connectivity index (χ0) is 14.1. The average Bonchev–Trinajstić information content (AvgIpc) is 3.04. The molecular formula is C17H23Cl2N. The van der Waals surface area contributed by atoms with Crippen LogP contribution < -0.4 is 5.32 Å². The monoisotopic (exact) mass is 311 g/mol. The van der Waals surface area contributed by atoms with Crippen LogP contribution in [0.15, 0.2) is 18.2 Å². The quantitative estimate of drug-likeness (QED) is 0.811. The lowest BCUT2D eigenvalue weighted by Crippen LogP contribution is -2.31. The summed E-state index contributed by atoms with van der Waals surface area (Å²) in [5, 5.41) is 5.09. The maximum Gasteiger partial charge on any atom is 0.0439 e. The summed E-state index contributed by atoms with van der Waals surface area (Å²) in [5.41, 5.74) is 1.17. The molecule has 2 bridgehead atoms. The van der Waals surface area contributed by atoms with E-state index in [1.54, 1.807) is 0 Å². The molecule has 3 rings (SSSR count). The molecule has 110 valence electrons. The van der Waals surface area contributed by atoms with Gasteiger partial charge >= 0.3 is 0 Å². The number of benzene rings is 1. The fraction of sp³-hybridized carbons (Fsp3) is 0.647. The summed E-state index contributed by atoms with van der Waals surface area (Å²) >= 11 is 12.4. The van der Waals surface area contributed by atoms with Gasteiger partial charge in [0.05, 0.1) is 0 Å². The predicted octanol–water partition coefficient (Wildman–Crippen LogP) is 4.95. The van der Waals surface area contributed by atoms with E-state index in [0.717, 1.165) is 34.2 Å². The molecule has 1 aromatic rings. The number of likely N-dealkylation sites (N-methyl/N-ethyl adjacent to an activating group) is 1. The first kappa shape index (κ1) is 14.7. The van der Waals surface area contributed by atoms with Gasteiger partial charge in [0.25, 0.3) is 0 Å². The van der Waals surface area contributed by atoms with Crippen LogP contribution >= 0.6 is 23.2 Å². The minimum atomic E-state index is 0.510. The summed E-state index contributed by atoms with van der Waals surface area (Å²) in [6.45, 7) is 0. The second kappa shape index (κ2) is 6.25. The number of rotatable bonds is 5. The van der Waals surface area contributed by atoms with Gasteiger partial charge in [-0.25, -0.2) is 0 Å². The number of hydrogen-bond acceptors (Lipinski definition) is 1. The molecule has 0 aliphatic heterocycles. The lowest BCUT2D eigenvalue weighted by atomic mass is 9.83. The first-order valence-electron chi connectivity index (χ1n) is 7.77. The second-order valence-electron chi connectivity index (χ2n) is 6.60. The Kier molecular flexibility index (Phi) is 4.59. The second-order valence-corrected chi connectivity index (χ2v) is 7.44. The smallest absolute Gasteiger partial charge is 0.0439 e. The molecule has 20 heavy (non-hydrogen) atoms. The van der Waals surface area contributed by atoms with Crippen molar-refractivity contribution in [3.05, 3.63) is 33.8 Å². The van der Waals surface area contributed by atoms with Gasteiger partial charge in [0, 0.05) is 16.1 Å². The SMILES string of the molecule is CNC(Cc1cc(Cl)ccc1Cl)CC1CC2CCC1C2. The van der Waals surface area contributed by atoms with Crippen molar-refractivity contribution >= 4 is 23.2 Å². The van der Waals surface area contributed by atoms with Crippen LogP contribution in [0.4, 0.5) is 0 Å². The van der Waals surface area contributed by atoms with Gasteiger partial charge in [0.2, 0.25) is 0 Å². The number of halogens is 2. The van der Waals surface area contributed by atoms with E-state index in [1.165, 1.54) is 37.7 Å². The van der Waals surface area contributed by atoms with Crippen LogP contribution in [0.2, 0.25) is 10.0 Å². The van der Waals surface area contributed by atoms with Crippen LogP contribution in [0, 0.1) is 17.8 Å². The van der Waals surface area contributed by atoms with Crippen LogP contribution in [0.5, 0.6) is 0 Å². The van der Waals surface area contributed by atoms with Crippen molar-refractivity contribution < 1.29 is 0 Å². The van der Waals surface area contributed by atoms with Crippen LogP contribution in [0.25, 0.3) is 0 Å². The topological polar surface area (TPSA) is 12.0 Å². The van der Waals surface area contributed by atoms with E-state index in [2.05, 4.69) is 12.4 Å². The zero-order valence-corrected chi connectivity index (χ0v) is 13.6. The van der Waals surface area contributed by atoms with Crippen molar-refractivity contribution in [1.29, 1.82) is 0 Å². The molecule has 0 spiro atoms. The Balaban J connectivity index is 1.63. The highest BCUT2D eigenvalue weighted by atomic mass is 35.5. The molecule has 1 aromatic carbocycles. The fourth-order valence-corrected chi connectivity index (χ4v) is 4.69. The van der Waals surface area contributed by atoms with Gasteiger partial charge in [-0.15, -0.1) is 0 Å². The largest absolute Gasteiger partial charge is 0.317 e. The molecule has 2 aliphatic carbocycles. The van der Waals surface area contributed by atoms with Crippen LogP contribution in [0.1, 0.15) is 37.7 Å². The van der Waals surface area contributed by atoms with Gasteiger partial charge < -0.3 is 5.32 Å². The van der Waals surface area contributed by atoms with Gasteiger partial charge in [0.1, 0.15) is 0 Å². The standard InChI is InChI=1S/C17H23Cl2N/c1-20-16(9-13-7-11-2-3-12(13)6-11)10-14-8-15(18)4-5-17(14)19/h4-5,8,11-13,16,20H,2-3,6-7,9-10H2,1H3. The van der Waals surface area contributed by atoms with Gasteiger partial charge in [-0.2, -0.15) is 0 Å². The molecule has 1 N–H and O–H groups in total. The van der Waals surface area contributed by atoms with Crippen molar-refractivity contribution in [1.82, 2.24) is 5.32 Å². The van der Waals surface area contributed by atoms with Crippen molar-refractivity contribution in [2.24, 2.45) is 17.8 Å². The molecule has 0 aromatic heterocycles. The van der Waals surface area contributed by atoms with Crippen LogP contribution in [0.3, 0.4) is 0 Å². The van der Waals surface area contributed by atoms with Crippen molar-refractivity contribution in [2.45, 2.75) is 44.6 Å². The fourth-order valence-electron chi connectivity index (χ4n) is 4.30. The molecule has 2 aliphatic rings. The van der Waals surface area contributed by atoms with Gasteiger partial charge in [-0.1, -0.05) is 29.6 Å². The normalized spacial score (nSPS) is 29.9. The summed E-state index contributed by atoms with van der Waals surface area (Å²) in [4.78, 5) is 0. The summed E-state index contributed by atoms with van der Waals surface area (Å²) in [5.74, 6) is 2.94. The Bertz CT molecular complexity index is 474. The van der Waals surface area contributed by atoms with Gasteiger partial charge in [-0.3, -0.25) is 0 Å². The third-order valence-electron chi connectivity index (χ3n) is 5.35. The zero-order valence-electron chi connectivity index (χ0n) is 12.0. The third kappa shape index (κ3) is 3.16. The molecule has 0 amide bonds. The Morgan fingerprint density at radius 2 is 2.10 bits per heavy atom. The van der Waals surface area contributed by atoms with Crippen molar-refractivity contribution in [2.75, 3.05) is 7.05 Å². The van der Waals surface area contributed by atoms with E-state index < -0.39 is 0 Å². The summed E-state index contributed by atoms with van der Waals surface area (Å²) < 4.78 is 0. The molecule has 1 nitrogen and oxygen atoms in total. The Morgan fingerprint density at radius 1 is 1.25 bits per heavy atom. The summed E-state index contributed by atoms with van der Waals surface area (Å²) in [7, 11) is 2.07. The minimum Gasteiger partial charge on any atom is -0.317 e. The maximum absolute atomic E-state index is 6.29. The van der Waals surface area contributed by atoms with Crippen LogP contribution in [-0.4, -0.2) is 13.1 Å². The summed E-state index contributed by atoms with van der Waals surface area (Å²) in [6, 6.07) is 6.28. The molecule has 0 saturated heterocycles. The Morgan fingerprint density at radius 3 is 2.75 bits per heavy atom. The van der Waals surface area contributed by atoms with E-state index >= 15 is 0 Å². The van der Waals surface area contributed by atoms with E-state index in [9.17, 15) is 0 Å². The molecule has 3 heteroatoms. The van der Waals surface area contributed by atoms with Gasteiger partial charge in [-0.05, 0) is 80.7 Å². The lowest BCUT2D eigenvalue weighted by molar-refractivity contribution is 0.281. The number of nitrogens with one attached hydrogen (secondary N) is 1. The maximum atomic E-state index is 6.29. The molecule has 0 heterocycles.